The Morgan fingerprint density at radius 3 is 1.17 bits per heavy atom. The molecule has 0 saturated heterocycles. The Hall–Kier alpha value is -0.830. The molecule has 0 spiro atoms. The van der Waals surface area contributed by atoms with Gasteiger partial charge in [0.25, 0.3) is 0 Å². The first kappa shape index (κ1) is 24.4. The molecule has 0 aliphatic heterocycles. The first-order valence-corrected chi connectivity index (χ1v) is 14.3. The molecular formula is C28H42I+. The maximum Gasteiger partial charge on any atom is 0.357 e. The van der Waals surface area contributed by atoms with Crippen LogP contribution in [0.1, 0.15) is 102 Å². The lowest BCUT2D eigenvalue weighted by Gasteiger charge is -2.02. The van der Waals surface area contributed by atoms with E-state index in [9.17, 15) is 0 Å². The van der Waals surface area contributed by atoms with Crippen LogP contribution in [0.4, 0.5) is 0 Å². The van der Waals surface area contributed by atoms with E-state index in [1.807, 2.05) is 0 Å². The summed E-state index contributed by atoms with van der Waals surface area (Å²) in [5, 5.41) is 0. The summed E-state index contributed by atoms with van der Waals surface area (Å²) >= 11 is -0.0450. The van der Waals surface area contributed by atoms with Crippen LogP contribution in [0.2, 0.25) is 0 Å². The van der Waals surface area contributed by atoms with E-state index in [0.717, 1.165) is 0 Å². The molecule has 29 heavy (non-hydrogen) atoms. The number of hydrogen-bond acceptors (Lipinski definition) is 0. The normalized spacial score (nSPS) is 11.1. The Bertz CT molecular complexity index is 569. The molecule has 0 N–H and O–H groups in total. The SMILES string of the molecule is CCCCCCCCc1ccc([I+]c2ccc(CCCCCCCC)cc2)cc1. The van der Waals surface area contributed by atoms with Crippen molar-refractivity contribution < 1.29 is 21.2 Å². The second-order valence-electron chi connectivity index (χ2n) is 8.38. The highest BCUT2D eigenvalue weighted by Crippen LogP contribution is 2.10. The third-order valence-corrected chi connectivity index (χ3v) is 8.37. The summed E-state index contributed by atoms with van der Waals surface area (Å²) in [7, 11) is 0. The summed E-state index contributed by atoms with van der Waals surface area (Å²) in [6.07, 6.45) is 19.1. The molecule has 0 atom stereocenters. The van der Waals surface area contributed by atoms with Gasteiger partial charge in [0.1, 0.15) is 0 Å². The van der Waals surface area contributed by atoms with Gasteiger partial charge in [-0.25, -0.2) is 0 Å². The van der Waals surface area contributed by atoms with E-state index in [2.05, 4.69) is 62.4 Å². The Morgan fingerprint density at radius 2 is 0.793 bits per heavy atom. The van der Waals surface area contributed by atoms with Crippen LogP contribution in [0.25, 0.3) is 0 Å². The molecule has 0 fully saturated rings. The van der Waals surface area contributed by atoms with Crippen molar-refractivity contribution in [3.8, 4) is 0 Å². The van der Waals surface area contributed by atoms with Crippen LogP contribution in [0.5, 0.6) is 0 Å². The minimum Gasteiger partial charge on any atom is -0.0654 e. The molecule has 0 radical (unpaired) electrons. The quantitative estimate of drug-likeness (QED) is 0.205. The zero-order valence-electron chi connectivity index (χ0n) is 18.9. The van der Waals surface area contributed by atoms with Gasteiger partial charge in [-0.3, -0.25) is 0 Å². The minimum absolute atomic E-state index is 0.0450. The van der Waals surface area contributed by atoms with E-state index in [0.29, 0.717) is 0 Å². The summed E-state index contributed by atoms with van der Waals surface area (Å²) in [5.74, 6) is 0. The highest BCUT2D eigenvalue weighted by atomic mass is 127. The zero-order valence-corrected chi connectivity index (χ0v) is 21.1. The molecule has 0 amide bonds. The molecule has 160 valence electrons. The van der Waals surface area contributed by atoms with E-state index >= 15 is 0 Å². The standard InChI is InChI=1S/C28H42I/c1-3-5-7-9-11-13-15-25-17-21-27(22-18-25)29-28-23-19-26(20-24-28)16-14-12-10-8-6-4-2/h17-24H,3-16H2,1-2H3/q+1. The van der Waals surface area contributed by atoms with E-state index in [1.165, 1.54) is 101 Å². The van der Waals surface area contributed by atoms with Crippen molar-refractivity contribution in [3.63, 3.8) is 0 Å². The molecule has 0 aliphatic rings. The average molecular weight is 506 g/mol. The number of hydrogen-bond donors (Lipinski definition) is 0. The second-order valence-corrected chi connectivity index (χ2v) is 11.4. The van der Waals surface area contributed by atoms with Gasteiger partial charge in [-0.15, -0.1) is 0 Å². The predicted octanol–water partition coefficient (Wildman–Crippen LogP) is 5.62. The van der Waals surface area contributed by atoms with Crippen LogP contribution < -0.4 is 21.2 Å². The number of unbranched alkanes of at least 4 members (excludes halogenated alkanes) is 10. The first-order chi connectivity index (χ1) is 14.3. The predicted molar refractivity (Wildman–Crippen MR) is 124 cm³/mol. The van der Waals surface area contributed by atoms with Crippen LogP contribution >= 0.6 is 0 Å². The molecule has 0 aliphatic carbocycles. The van der Waals surface area contributed by atoms with Crippen molar-refractivity contribution in [1.29, 1.82) is 0 Å². The van der Waals surface area contributed by atoms with E-state index in [1.54, 1.807) is 7.14 Å². The third kappa shape index (κ3) is 11.2. The smallest absolute Gasteiger partial charge is 0.0654 e. The number of rotatable bonds is 16. The molecule has 0 aromatic heterocycles. The lowest BCUT2D eigenvalue weighted by Crippen LogP contribution is -3.61. The summed E-state index contributed by atoms with van der Waals surface area (Å²) in [6.45, 7) is 4.57. The molecule has 2 aromatic rings. The molecule has 0 heterocycles. The zero-order chi connectivity index (χ0) is 20.6. The fourth-order valence-electron chi connectivity index (χ4n) is 3.77. The molecule has 0 nitrogen and oxygen atoms in total. The van der Waals surface area contributed by atoms with Gasteiger partial charge >= 0.3 is 21.2 Å². The summed E-state index contributed by atoms with van der Waals surface area (Å²) in [6, 6.07) is 19.0. The van der Waals surface area contributed by atoms with Crippen molar-refractivity contribution in [1.82, 2.24) is 0 Å². The lowest BCUT2D eigenvalue weighted by atomic mass is 10.1. The van der Waals surface area contributed by atoms with Crippen LogP contribution in [0, 0.1) is 7.14 Å². The average Bonchev–Trinajstić information content (AvgIpc) is 2.75. The van der Waals surface area contributed by atoms with Crippen molar-refractivity contribution in [2.45, 2.75) is 104 Å². The number of aryl methyl sites for hydroxylation is 2. The van der Waals surface area contributed by atoms with Crippen molar-refractivity contribution in [2.75, 3.05) is 0 Å². The van der Waals surface area contributed by atoms with Crippen molar-refractivity contribution in [2.24, 2.45) is 0 Å². The van der Waals surface area contributed by atoms with Gasteiger partial charge in [0.2, 0.25) is 0 Å². The Balaban J connectivity index is 1.66. The number of benzene rings is 2. The topological polar surface area (TPSA) is 0 Å². The van der Waals surface area contributed by atoms with E-state index in [4.69, 9.17) is 0 Å². The van der Waals surface area contributed by atoms with Crippen LogP contribution in [0.15, 0.2) is 48.5 Å². The molecule has 0 saturated carbocycles. The summed E-state index contributed by atoms with van der Waals surface area (Å²) in [5.41, 5.74) is 3.03. The molecule has 0 unspecified atom stereocenters. The summed E-state index contributed by atoms with van der Waals surface area (Å²) in [4.78, 5) is 0. The summed E-state index contributed by atoms with van der Waals surface area (Å²) < 4.78 is 3.08. The lowest BCUT2D eigenvalue weighted by molar-refractivity contribution is -0.597. The second kappa shape index (κ2) is 15.9. The van der Waals surface area contributed by atoms with Gasteiger partial charge in [0.05, 0.1) is 0 Å². The monoisotopic (exact) mass is 505 g/mol. The fourth-order valence-corrected chi connectivity index (χ4v) is 5.93. The van der Waals surface area contributed by atoms with Gasteiger partial charge in [-0.05, 0) is 61.1 Å². The molecule has 0 bridgehead atoms. The van der Waals surface area contributed by atoms with Gasteiger partial charge in [0, 0.05) is 0 Å². The van der Waals surface area contributed by atoms with Gasteiger partial charge in [0.15, 0.2) is 7.14 Å². The first-order valence-electron chi connectivity index (χ1n) is 12.1. The van der Waals surface area contributed by atoms with Crippen LogP contribution in [-0.2, 0) is 12.8 Å². The highest BCUT2D eigenvalue weighted by Gasteiger charge is 2.15. The molecular weight excluding hydrogens is 463 g/mol. The third-order valence-electron chi connectivity index (χ3n) is 5.68. The van der Waals surface area contributed by atoms with Crippen molar-refractivity contribution >= 4 is 0 Å². The molecule has 2 rings (SSSR count). The van der Waals surface area contributed by atoms with Gasteiger partial charge in [-0.1, -0.05) is 102 Å². The number of halogens is 1. The van der Waals surface area contributed by atoms with E-state index < -0.39 is 0 Å². The highest BCUT2D eigenvalue weighted by molar-refractivity contribution is 5.16. The Kier molecular flexibility index (Phi) is 13.4. The minimum atomic E-state index is -0.0450. The largest absolute Gasteiger partial charge is 0.357 e. The Morgan fingerprint density at radius 1 is 0.448 bits per heavy atom. The van der Waals surface area contributed by atoms with E-state index in [-0.39, 0.29) is 21.2 Å². The van der Waals surface area contributed by atoms with Gasteiger partial charge < -0.3 is 0 Å². The molecule has 2 aromatic carbocycles. The van der Waals surface area contributed by atoms with Gasteiger partial charge in [-0.2, -0.15) is 0 Å². The van der Waals surface area contributed by atoms with Crippen LogP contribution in [-0.4, -0.2) is 0 Å². The van der Waals surface area contributed by atoms with Crippen LogP contribution in [0.3, 0.4) is 0 Å². The molecule has 1 heteroatoms. The fraction of sp³-hybridized carbons (Fsp3) is 0.571. The Labute approximate surface area is 191 Å². The maximum atomic E-state index is 2.38. The van der Waals surface area contributed by atoms with Crippen molar-refractivity contribution in [3.05, 3.63) is 66.8 Å². The maximum absolute atomic E-state index is 2.38.